The standard InChI is InChI=1S/C19H15I2N3O2/c20-16-8-12(10-23-24-19(22)25)9-17(21)18(16)26-11-14-6-3-5-13-4-1-2-7-15(13)14/h1-10H,11H2,(H3,22,24,25)/b23-10-. The van der Waals surface area contributed by atoms with Crippen molar-refractivity contribution in [2.24, 2.45) is 10.8 Å². The van der Waals surface area contributed by atoms with Crippen LogP contribution in [0.5, 0.6) is 5.75 Å². The van der Waals surface area contributed by atoms with Crippen molar-refractivity contribution in [3.63, 3.8) is 0 Å². The Bertz CT molecular complexity index is 961. The maximum Gasteiger partial charge on any atom is 0.332 e. The maximum atomic E-state index is 10.7. The Hall–Kier alpha value is -1.88. The monoisotopic (exact) mass is 571 g/mol. The van der Waals surface area contributed by atoms with Gasteiger partial charge >= 0.3 is 6.03 Å². The summed E-state index contributed by atoms with van der Waals surface area (Å²) < 4.78 is 8.05. The topological polar surface area (TPSA) is 76.7 Å². The van der Waals surface area contributed by atoms with E-state index in [2.05, 4.69) is 80.0 Å². The largest absolute Gasteiger partial charge is 0.487 e. The Labute approximate surface area is 178 Å². The second-order valence-corrected chi connectivity index (χ2v) is 7.80. The number of amides is 2. The second-order valence-electron chi connectivity index (χ2n) is 5.47. The van der Waals surface area contributed by atoms with Crippen molar-refractivity contribution in [2.45, 2.75) is 6.61 Å². The first kappa shape index (κ1) is 18.9. The number of hydrazone groups is 1. The number of rotatable bonds is 5. The molecule has 3 N–H and O–H groups in total. The fourth-order valence-corrected chi connectivity index (χ4v) is 4.66. The van der Waals surface area contributed by atoms with E-state index in [9.17, 15) is 4.79 Å². The van der Waals surface area contributed by atoms with E-state index in [1.54, 1.807) is 6.21 Å². The molecule has 2 amide bonds. The summed E-state index contributed by atoms with van der Waals surface area (Å²) in [7, 11) is 0. The van der Waals surface area contributed by atoms with Crippen molar-refractivity contribution in [3.8, 4) is 5.75 Å². The lowest BCUT2D eigenvalue weighted by Gasteiger charge is -2.13. The van der Waals surface area contributed by atoms with E-state index in [4.69, 9.17) is 10.5 Å². The lowest BCUT2D eigenvalue weighted by molar-refractivity contribution is 0.249. The van der Waals surface area contributed by atoms with Gasteiger partial charge in [-0.05, 0) is 79.2 Å². The van der Waals surface area contributed by atoms with E-state index in [1.807, 2.05) is 30.3 Å². The summed E-state index contributed by atoms with van der Waals surface area (Å²) in [6.07, 6.45) is 1.55. The highest BCUT2D eigenvalue weighted by molar-refractivity contribution is 14.1. The second kappa shape index (κ2) is 8.67. The highest BCUT2D eigenvalue weighted by Gasteiger charge is 2.10. The lowest BCUT2D eigenvalue weighted by Crippen LogP contribution is -2.24. The minimum atomic E-state index is -0.694. The summed E-state index contributed by atoms with van der Waals surface area (Å²) in [4.78, 5) is 10.7. The van der Waals surface area contributed by atoms with E-state index >= 15 is 0 Å². The average Bonchev–Trinajstić information content (AvgIpc) is 2.61. The Morgan fingerprint density at radius 3 is 2.54 bits per heavy atom. The van der Waals surface area contributed by atoms with Gasteiger partial charge in [0.05, 0.1) is 13.4 Å². The molecule has 0 radical (unpaired) electrons. The van der Waals surface area contributed by atoms with E-state index in [-0.39, 0.29) is 0 Å². The van der Waals surface area contributed by atoms with Crippen molar-refractivity contribution in [2.75, 3.05) is 0 Å². The van der Waals surface area contributed by atoms with Gasteiger partial charge < -0.3 is 10.5 Å². The number of benzene rings is 3. The van der Waals surface area contributed by atoms with E-state index in [0.29, 0.717) is 6.61 Å². The fourth-order valence-electron chi connectivity index (χ4n) is 2.53. The lowest BCUT2D eigenvalue weighted by atomic mass is 10.1. The van der Waals surface area contributed by atoms with Gasteiger partial charge in [0.15, 0.2) is 0 Å². The summed E-state index contributed by atoms with van der Waals surface area (Å²) in [5.74, 6) is 0.833. The molecule has 0 spiro atoms. The van der Waals surface area contributed by atoms with Crippen molar-refractivity contribution in [1.82, 2.24) is 5.43 Å². The number of nitrogens with one attached hydrogen (secondary N) is 1. The van der Waals surface area contributed by atoms with Crippen LogP contribution in [0.4, 0.5) is 4.79 Å². The number of hydrogen-bond donors (Lipinski definition) is 2. The molecule has 0 aliphatic carbocycles. The van der Waals surface area contributed by atoms with E-state index in [0.717, 1.165) is 24.0 Å². The van der Waals surface area contributed by atoms with Crippen LogP contribution in [-0.4, -0.2) is 12.2 Å². The molecule has 0 unspecified atom stereocenters. The maximum absolute atomic E-state index is 10.7. The molecule has 0 aliphatic heterocycles. The molecule has 0 atom stereocenters. The zero-order valence-corrected chi connectivity index (χ0v) is 17.9. The number of carbonyl (C=O) groups excluding carboxylic acids is 1. The van der Waals surface area contributed by atoms with Gasteiger partial charge in [-0.25, -0.2) is 10.2 Å². The quantitative estimate of drug-likeness (QED) is 0.267. The van der Waals surface area contributed by atoms with Gasteiger partial charge in [-0.3, -0.25) is 0 Å². The van der Waals surface area contributed by atoms with Crippen LogP contribution in [0.25, 0.3) is 10.8 Å². The third kappa shape index (κ3) is 4.64. The van der Waals surface area contributed by atoms with Crippen molar-refractivity contribution in [3.05, 3.63) is 72.9 Å². The summed E-state index contributed by atoms with van der Waals surface area (Å²) in [6, 6.07) is 17.7. The molecular weight excluding hydrogens is 556 g/mol. The van der Waals surface area contributed by atoms with Crippen molar-refractivity contribution < 1.29 is 9.53 Å². The first-order chi connectivity index (χ1) is 12.5. The SMILES string of the molecule is NC(=O)N/N=C\c1cc(I)c(OCc2cccc3ccccc23)c(I)c1. The Morgan fingerprint density at radius 1 is 1.12 bits per heavy atom. The van der Waals surface area contributed by atoms with Crippen LogP contribution in [0.15, 0.2) is 59.7 Å². The predicted octanol–water partition coefficient (Wildman–Crippen LogP) is 4.63. The summed E-state index contributed by atoms with van der Waals surface area (Å²) in [5, 5.41) is 6.18. The molecule has 3 aromatic rings. The van der Waals surface area contributed by atoms with Crippen LogP contribution in [0, 0.1) is 7.14 Å². The first-order valence-corrected chi connectivity index (χ1v) is 9.87. The predicted molar refractivity (Wildman–Crippen MR) is 120 cm³/mol. The molecule has 0 saturated carbocycles. The minimum Gasteiger partial charge on any atom is -0.487 e. The third-order valence-electron chi connectivity index (χ3n) is 3.66. The summed E-state index contributed by atoms with van der Waals surface area (Å²) in [5.41, 5.74) is 9.17. The number of ether oxygens (including phenoxy) is 1. The van der Waals surface area contributed by atoms with Gasteiger partial charge in [-0.15, -0.1) is 0 Å². The number of carbonyl (C=O) groups is 1. The Morgan fingerprint density at radius 2 is 1.81 bits per heavy atom. The molecule has 0 saturated heterocycles. The molecule has 132 valence electrons. The van der Waals surface area contributed by atoms with Gasteiger partial charge in [-0.1, -0.05) is 42.5 Å². The first-order valence-electron chi connectivity index (χ1n) is 7.71. The highest BCUT2D eigenvalue weighted by Crippen LogP contribution is 2.30. The summed E-state index contributed by atoms with van der Waals surface area (Å²) in [6.45, 7) is 0.490. The number of halogens is 2. The van der Waals surface area contributed by atoms with Crippen LogP contribution < -0.4 is 15.9 Å². The average molecular weight is 571 g/mol. The third-order valence-corrected chi connectivity index (χ3v) is 5.26. The molecule has 0 fully saturated rings. The minimum absolute atomic E-state index is 0.490. The van der Waals surface area contributed by atoms with Gasteiger partial charge in [0.2, 0.25) is 0 Å². The van der Waals surface area contributed by atoms with Crippen LogP contribution in [-0.2, 0) is 6.61 Å². The molecule has 3 aromatic carbocycles. The van der Waals surface area contributed by atoms with E-state index in [1.165, 1.54) is 10.8 Å². The van der Waals surface area contributed by atoms with Gasteiger partial charge in [0.1, 0.15) is 12.4 Å². The molecule has 0 aliphatic rings. The number of fused-ring (bicyclic) bond motifs is 1. The van der Waals surface area contributed by atoms with Gasteiger partial charge in [-0.2, -0.15) is 5.10 Å². The number of urea groups is 1. The van der Waals surface area contributed by atoms with Gasteiger partial charge in [0, 0.05) is 0 Å². The van der Waals surface area contributed by atoms with E-state index < -0.39 is 6.03 Å². The highest BCUT2D eigenvalue weighted by atomic mass is 127. The fraction of sp³-hybridized carbons (Fsp3) is 0.0526. The summed E-state index contributed by atoms with van der Waals surface area (Å²) >= 11 is 4.47. The van der Waals surface area contributed by atoms with Crippen molar-refractivity contribution >= 4 is 68.2 Å². The van der Waals surface area contributed by atoms with Crippen LogP contribution in [0.3, 0.4) is 0 Å². The molecule has 0 heterocycles. The number of nitrogens with zero attached hydrogens (tertiary/aromatic N) is 1. The number of nitrogens with two attached hydrogens (primary N) is 1. The zero-order chi connectivity index (χ0) is 18.5. The van der Waals surface area contributed by atoms with Crippen molar-refractivity contribution in [1.29, 1.82) is 0 Å². The Balaban J connectivity index is 1.79. The van der Waals surface area contributed by atoms with Crippen LogP contribution in [0.2, 0.25) is 0 Å². The molecule has 0 aromatic heterocycles. The molecule has 0 bridgehead atoms. The number of primary amides is 1. The smallest absolute Gasteiger partial charge is 0.332 e. The Kier molecular flexibility index (Phi) is 6.30. The molecule has 5 nitrogen and oxygen atoms in total. The molecule has 7 heteroatoms. The normalized spacial score (nSPS) is 11.0. The molecule has 3 rings (SSSR count). The van der Waals surface area contributed by atoms with Crippen LogP contribution >= 0.6 is 45.2 Å². The zero-order valence-electron chi connectivity index (χ0n) is 13.6. The molecule has 26 heavy (non-hydrogen) atoms. The molecular formula is C19H15I2N3O2. The van der Waals surface area contributed by atoms with Gasteiger partial charge in [0.25, 0.3) is 0 Å². The van der Waals surface area contributed by atoms with Crippen LogP contribution in [0.1, 0.15) is 11.1 Å². The number of hydrogen-bond acceptors (Lipinski definition) is 3.